The molecule has 0 heterocycles. The van der Waals surface area contributed by atoms with Crippen LogP contribution in [0.3, 0.4) is 0 Å². The molecule has 24 heavy (non-hydrogen) atoms. The molecule has 0 bridgehead atoms. The van der Waals surface area contributed by atoms with E-state index in [1.165, 1.54) is 40.6 Å². The maximum absolute atomic E-state index is 9.79. The van der Waals surface area contributed by atoms with Crippen molar-refractivity contribution in [3.63, 3.8) is 0 Å². The van der Waals surface area contributed by atoms with E-state index in [0.29, 0.717) is 28.4 Å². The van der Waals surface area contributed by atoms with Crippen LogP contribution in [0.2, 0.25) is 0 Å². The van der Waals surface area contributed by atoms with Gasteiger partial charge in [0.25, 0.3) is 0 Å². The molecule has 0 aliphatic carbocycles. The molecule has 0 unspecified atom stereocenters. The molecule has 2 aromatic rings. The quantitative estimate of drug-likeness (QED) is 0.839. The number of hydrogen-bond donors (Lipinski definition) is 2. The molecular formula is C18H18O6. The van der Waals surface area contributed by atoms with Crippen LogP contribution in [0.1, 0.15) is 11.1 Å². The Labute approximate surface area is 140 Å². The number of benzene rings is 2. The zero-order valence-corrected chi connectivity index (χ0v) is 13.8. The van der Waals surface area contributed by atoms with Crippen LogP contribution in [0.15, 0.2) is 24.3 Å². The van der Waals surface area contributed by atoms with Gasteiger partial charge in [-0.15, -0.1) is 0 Å². The fourth-order valence-corrected chi connectivity index (χ4v) is 2.18. The van der Waals surface area contributed by atoms with Gasteiger partial charge in [0, 0.05) is 11.1 Å². The van der Waals surface area contributed by atoms with E-state index in [-0.39, 0.29) is 17.2 Å². The number of rotatable bonds is 4. The van der Waals surface area contributed by atoms with Crippen molar-refractivity contribution in [1.82, 2.24) is 0 Å². The molecule has 2 N–H and O–H groups in total. The lowest BCUT2D eigenvalue weighted by Crippen LogP contribution is -1.95. The zero-order valence-electron chi connectivity index (χ0n) is 13.8. The second-order valence-corrected chi connectivity index (χ2v) is 4.71. The van der Waals surface area contributed by atoms with Crippen molar-refractivity contribution in [2.45, 2.75) is 0 Å². The molecule has 0 saturated heterocycles. The minimum Gasteiger partial charge on any atom is -0.504 e. The van der Waals surface area contributed by atoms with Crippen molar-refractivity contribution in [2.75, 3.05) is 28.4 Å². The van der Waals surface area contributed by atoms with Gasteiger partial charge in [0.1, 0.15) is 0 Å². The molecule has 0 fully saturated rings. The first-order chi connectivity index (χ1) is 11.5. The van der Waals surface area contributed by atoms with Crippen LogP contribution < -0.4 is 18.9 Å². The maximum atomic E-state index is 9.79. The predicted octanol–water partition coefficient (Wildman–Crippen LogP) is 2.53. The van der Waals surface area contributed by atoms with Crippen LogP contribution in [0, 0.1) is 11.8 Å². The lowest BCUT2D eigenvalue weighted by molar-refractivity contribution is 0.324. The topological polar surface area (TPSA) is 77.4 Å². The van der Waals surface area contributed by atoms with Crippen molar-refractivity contribution >= 4 is 0 Å². The van der Waals surface area contributed by atoms with Crippen molar-refractivity contribution < 1.29 is 29.2 Å². The third kappa shape index (κ3) is 3.41. The van der Waals surface area contributed by atoms with Crippen LogP contribution in [-0.2, 0) is 0 Å². The molecule has 2 aromatic carbocycles. The van der Waals surface area contributed by atoms with E-state index in [2.05, 4.69) is 11.8 Å². The molecule has 0 aromatic heterocycles. The number of hydrogen-bond acceptors (Lipinski definition) is 6. The number of aromatic hydroxyl groups is 2. The Kier molecular flexibility index (Phi) is 5.27. The van der Waals surface area contributed by atoms with E-state index in [1.54, 1.807) is 12.1 Å². The SMILES string of the molecule is COc1cc(C#Cc2cc(O)c(OC)c(O)c2)cc(OC)c1OC. The molecule has 6 nitrogen and oxygen atoms in total. The summed E-state index contributed by atoms with van der Waals surface area (Å²) in [5, 5.41) is 19.6. The smallest absolute Gasteiger partial charge is 0.203 e. The fourth-order valence-electron chi connectivity index (χ4n) is 2.18. The number of phenolic OH excluding ortho intramolecular Hbond substituents is 2. The molecule has 2 rings (SSSR count). The van der Waals surface area contributed by atoms with E-state index in [9.17, 15) is 10.2 Å². The third-order valence-corrected chi connectivity index (χ3v) is 3.27. The summed E-state index contributed by atoms with van der Waals surface area (Å²) in [5.41, 5.74) is 1.05. The van der Waals surface area contributed by atoms with Gasteiger partial charge >= 0.3 is 0 Å². The monoisotopic (exact) mass is 330 g/mol. The van der Waals surface area contributed by atoms with Gasteiger partial charge in [-0.1, -0.05) is 11.8 Å². The second kappa shape index (κ2) is 7.38. The summed E-state index contributed by atoms with van der Waals surface area (Å²) < 4.78 is 20.7. The van der Waals surface area contributed by atoms with E-state index in [0.717, 1.165) is 0 Å². The molecule has 0 aliphatic heterocycles. The highest BCUT2D eigenvalue weighted by Gasteiger charge is 2.12. The van der Waals surface area contributed by atoms with Crippen molar-refractivity contribution in [2.24, 2.45) is 0 Å². The Morgan fingerprint density at radius 3 is 1.42 bits per heavy atom. The van der Waals surface area contributed by atoms with Gasteiger partial charge in [-0.3, -0.25) is 0 Å². The highest BCUT2D eigenvalue weighted by atomic mass is 16.5. The van der Waals surface area contributed by atoms with Gasteiger partial charge in [-0.05, 0) is 24.3 Å². The van der Waals surface area contributed by atoms with E-state index < -0.39 is 0 Å². The largest absolute Gasteiger partial charge is 0.504 e. The summed E-state index contributed by atoms with van der Waals surface area (Å²) in [6, 6.07) is 6.22. The van der Waals surface area contributed by atoms with Gasteiger partial charge in [0.2, 0.25) is 11.5 Å². The van der Waals surface area contributed by atoms with Gasteiger partial charge in [-0.2, -0.15) is 0 Å². The predicted molar refractivity (Wildman–Crippen MR) is 88.4 cm³/mol. The first kappa shape index (κ1) is 17.2. The molecule has 0 aliphatic rings. The summed E-state index contributed by atoms with van der Waals surface area (Å²) in [6.07, 6.45) is 0. The van der Waals surface area contributed by atoms with Crippen LogP contribution in [0.4, 0.5) is 0 Å². The van der Waals surface area contributed by atoms with E-state index >= 15 is 0 Å². The number of phenols is 2. The molecule has 0 atom stereocenters. The standard InChI is InChI=1S/C18H18O6/c1-21-15-9-12(10-16(22-2)18(15)24-4)6-5-11-7-13(19)17(23-3)14(20)8-11/h7-10,19-20H,1-4H3. The number of ether oxygens (including phenoxy) is 4. The summed E-state index contributed by atoms with van der Waals surface area (Å²) >= 11 is 0. The molecule has 126 valence electrons. The van der Waals surface area contributed by atoms with E-state index in [1.807, 2.05) is 0 Å². The maximum Gasteiger partial charge on any atom is 0.203 e. The highest BCUT2D eigenvalue weighted by Crippen LogP contribution is 2.38. The van der Waals surface area contributed by atoms with Gasteiger partial charge in [0.05, 0.1) is 28.4 Å². The summed E-state index contributed by atoms with van der Waals surface area (Å²) in [6.45, 7) is 0. The van der Waals surface area contributed by atoms with E-state index in [4.69, 9.17) is 18.9 Å². The van der Waals surface area contributed by atoms with Gasteiger partial charge < -0.3 is 29.2 Å². The summed E-state index contributed by atoms with van der Waals surface area (Å²) in [4.78, 5) is 0. The average Bonchev–Trinajstić information content (AvgIpc) is 2.58. The van der Waals surface area contributed by atoms with Crippen LogP contribution in [0.25, 0.3) is 0 Å². The minimum absolute atomic E-state index is 0.00772. The summed E-state index contributed by atoms with van der Waals surface area (Å²) in [5.74, 6) is 6.87. The molecule has 0 radical (unpaired) electrons. The normalized spacial score (nSPS) is 9.67. The Morgan fingerprint density at radius 1 is 0.625 bits per heavy atom. The molecule has 0 saturated carbocycles. The lowest BCUT2D eigenvalue weighted by atomic mass is 10.1. The van der Waals surface area contributed by atoms with Crippen molar-refractivity contribution in [3.8, 4) is 46.3 Å². The third-order valence-electron chi connectivity index (χ3n) is 3.27. The van der Waals surface area contributed by atoms with Crippen LogP contribution in [-0.4, -0.2) is 38.7 Å². The Balaban J connectivity index is 2.44. The van der Waals surface area contributed by atoms with Crippen LogP contribution >= 0.6 is 0 Å². The first-order valence-electron chi connectivity index (χ1n) is 6.96. The zero-order chi connectivity index (χ0) is 17.7. The highest BCUT2D eigenvalue weighted by molar-refractivity contribution is 5.60. The van der Waals surface area contributed by atoms with Gasteiger partial charge in [0.15, 0.2) is 23.0 Å². The molecular weight excluding hydrogens is 312 g/mol. The van der Waals surface area contributed by atoms with Crippen molar-refractivity contribution in [3.05, 3.63) is 35.4 Å². The second-order valence-electron chi connectivity index (χ2n) is 4.71. The summed E-state index contributed by atoms with van der Waals surface area (Å²) in [7, 11) is 5.92. The Hall–Kier alpha value is -3.20. The minimum atomic E-state index is -0.188. The number of methoxy groups -OCH3 is 4. The molecule has 0 spiro atoms. The first-order valence-corrected chi connectivity index (χ1v) is 6.96. The molecule has 0 amide bonds. The lowest BCUT2D eigenvalue weighted by Gasteiger charge is -2.12. The fraction of sp³-hybridized carbons (Fsp3) is 0.222. The van der Waals surface area contributed by atoms with Crippen molar-refractivity contribution in [1.29, 1.82) is 0 Å². The molecule has 6 heteroatoms. The average molecular weight is 330 g/mol. The van der Waals surface area contributed by atoms with Gasteiger partial charge in [-0.25, -0.2) is 0 Å². The Bertz CT molecular complexity index is 753. The Morgan fingerprint density at radius 2 is 1.04 bits per heavy atom. The van der Waals surface area contributed by atoms with Crippen LogP contribution in [0.5, 0.6) is 34.5 Å².